The first kappa shape index (κ1) is 18.4. The Bertz CT molecular complexity index is 1030. The van der Waals surface area contributed by atoms with E-state index in [1.165, 1.54) is 11.0 Å². The van der Waals surface area contributed by atoms with Crippen LogP contribution in [0.25, 0.3) is 10.8 Å². The number of fused-ring (bicyclic) bond motifs is 1. The predicted molar refractivity (Wildman–Crippen MR) is 104 cm³/mol. The van der Waals surface area contributed by atoms with Gasteiger partial charge < -0.3 is 9.64 Å². The standard InChI is InChI=1S/C21H20N2O4/c1-14-5-4-6-19(20(14)23(25)26)21(24)22(2)13-15-7-8-17-12-18(27-3)10-9-16(17)11-15/h4-12H,13H2,1-3H3. The summed E-state index contributed by atoms with van der Waals surface area (Å²) in [6.45, 7) is 1.98. The highest BCUT2D eigenvalue weighted by Gasteiger charge is 2.24. The highest BCUT2D eigenvalue weighted by atomic mass is 16.6. The molecule has 0 atom stereocenters. The summed E-state index contributed by atoms with van der Waals surface area (Å²) >= 11 is 0. The number of aryl methyl sites for hydroxylation is 1. The fraction of sp³-hybridized carbons (Fsp3) is 0.190. The monoisotopic (exact) mass is 364 g/mol. The van der Waals surface area contributed by atoms with E-state index in [-0.39, 0.29) is 17.2 Å². The van der Waals surface area contributed by atoms with Gasteiger partial charge in [0, 0.05) is 19.2 Å². The van der Waals surface area contributed by atoms with Crippen LogP contribution in [0, 0.1) is 17.0 Å². The van der Waals surface area contributed by atoms with Crippen LogP contribution in [-0.4, -0.2) is 29.9 Å². The summed E-state index contributed by atoms with van der Waals surface area (Å²) < 4.78 is 5.23. The van der Waals surface area contributed by atoms with E-state index in [1.807, 2.05) is 36.4 Å². The molecule has 138 valence electrons. The molecule has 1 amide bonds. The number of benzene rings is 3. The van der Waals surface area contributed by atoms with Crippen molar-refractivity contribution in [3.05, 3.63) is 81.4 Å². The fourth-order valence-electron chi connectivity index (χ4n) is 3.12. The van der Waals surface area contributed by atoms with E-state index in [9.17, 15) is 14.9 Å². The Morgan fingerprint density at radius 1 is 1.11 bits per heavy atom. The number of hydrogen-bond acceptors (Lipinski definition) is 4. The summed E-state index contributed by atoms with van der Waals surface area (Å²) in [7, 11) is 3.27. The van der Waals surface area contributed by atoms with E-state index >= 15 is 0 Å². The van der Waals surface area contributed by atoms with E-state index in [0.29, 0.717) is 12.1 Å². The van der Waals surface area contributed by atoms with Gasteiger partial charge >= 0.3 is 0 Å². The van der Waals surface area contributed by atoms with Gasteiger partial charge in [-0.25, -0.2) is 0 Å². The number of para-hydroxylation sites is 1. The molecule has 3 aromatic carbocycles. The molecule has 0 unspecified atom stereocenters. The Morgan fingerprint density at radius 3 is 2.52 bits per heavy atom. The number of methoxy groups -OCH3 is 1. The maximum atomic E-state index is 12.8. The molecular formula is C21H20N2O4. The number of nitro benzene ring substituents is 1. The van der Waals surface area contributed by atoms with Gasteiger partial charge in [-0.3, -0.25) is 14.9 Å². The number of carbonyl (C=O) groups excluding carboxylic acids is 1. The molecule has 0 heterocycles. The average Bonchev–Trinajstić information content (AvgIpc) is 2.66. The largest absolute Gasteiger partial charge is 0.497 e. The molecule has 0 aliphatic carbocycles. The second kappa shape index (κ2) is 7.45. The summed E-state index contributed by atoms with van der Waals surface area (Å²) in [5.41, 5.74) is 1.38. The Balaban J connectivity index is 1.86. The number of nitrogens with zero attached hydrogens (tertiary/aromatic N) is 2. The Hall–Kier alpha value is -3.41. The summed E-state index contributed by atoms with van der Waals surface area (Å²) in [5, 5.41) is 13.4. The summed E-state index contributed by atoms with van der Waals surface area (Å²) in [6.07, 6.45) is 0. The molecule has 0 aliphatic heterocycles. The summed E-state index contributed by atoms with van der Waals surface area (Å²) in [5.74, 6) is 0.412. The van der Waals surface area contributed by atoms with Gasteiger partial charge in [-0.05, 0) is 47.5 Å². The lowest BCUT2D eigenvalue weighted by molar-refractivity contribution is -0.385. The average molecular weight is 364 g/mol. The molecule has 6 nitrogen and oxygen atoms in total. The highest BCUT2D eigenvalue weighted by Crippen LogP contribution is 2.26. The third-order valence-corrected chi connectivity index (χ3v) is 4.53. The molecule has 27 heavy (non-hydrogen) atoms. The van der Waals surface area contributed by atoms with Crippen molar-refractivity contribution >= 4 is 22.4 Å². The quantitative estimate of drug-likeness (QED) is 0.499. The summed E-state index contributed by atoms with van der Waals surface area (Å²) in [6, 6.07) is 16.5. The molecule has 0 aromatic heterocycles. The minimum atomic E-state index is -0.500. The van der Waals surface area contributed by atoms with Crippen LogP contribution in [0.15, 0.2) is 54.6 Å². The van der Waals surface area contributed by atoms with Crippen molar-refractivity contribution in [2.45, 2.75) is 13.5 Å². The number of hydrogen-bond donors (Lipinski definition) is 0. The van der Waals surface area contributed by atoms with Gasteiger partial charge in [0.25, 0.3) is 11.6 Å². The lowest BCUT2D eigenvalue weighted by Gasteiger charge is -2.18. The van der Waals surface area contributed by atoms with E-state index in [4.69, 9.17) is 4.74 Å². The zero-order chi connectivity index (χ0) is 19.6. The zero-order valence-corrected chi connectivity index (χ0v) is 15.4. The van der Waals surface area contributed by atoms with Crippen LogP contribution in [-0.2, 0) is 6.54 Å². The second-order valence-electron chi connectivity index (χ2n) is 6.44. The van der Waals surface area contributed by atoms with Gasteiger partial charge in [0.1, 0.15) is 11.3 Å². The summed E-state index contributed by atoms with van der Waals surface area (Å²) in [4.78, 5) is 25.1. The number of nitro groups is 1. The van der Waals surface area contributed by atoms with Crippen molar-refractivity contribution in [3.63, 3.8) is 0 Å². The molecule has 0 aliphatic rings. The molecule has 0 N–H and O–H groups in total. The molecule has 0 saturated heterocycles. The second-order valence-corrected chi connectivity index (χ2v) is 6.44. The van der Waals surface area contributed by atoms with Gasteiger partial charge in [0.05, 0.1) is 12.0 Å². The molecule has 0 bridgehead atoms. The third-order valence-electron chi connectivity index (χ3n) is 4.53. The molecule has 3 aromatic rings. The van der Waals surface area contributed by atoms with Crippen molar-refractivity contribution in [3.8, 4) is 5.75 Å². The lowest BCUT2D eigenvalue weighted by atomic mass is 10.0. The van der Waals surface area contributed by atoms with Gasteiger partial charge in [-0.1, -0.05) is 30.3 Å². The SMILES string of the molecule is COc1ccc2cc(CN(C)C(=O)c3cccc(C)c3[N+](=O)[O-])ccc2c1. The van der Waals surface area contributed by atoms with Crippen LogP contribution >= 0.6 is 0 Å². The number of carbonyl (C=O) groups is 1. The normalized spacial score (nSPS) is 10.6. The van der Waals surface area contributed by atoms with Gasteiger partial charge in [-0.15, -0.1) is 0 Å². The highest BCUT2D eigenvalue weighted by molar-refractivity contribution is 5.98. The third kappa shape index (κ3) is 3.74. The minimum Gasteiger partial charge on any atom is -0.497 e. The van der Waals surface area contributed by atoms with E-state index in [2.05, 4.69) is 0 Å². The van der Waals surface area contributed by atoms with Gasteiger partial charge in [-0.2, -0.15) is 0 Å². The van der Waals surface area contributed by atoms with Crippen LogP contribution in [0.4, 0.5) is 5.69 Å². The lowest BCUT2D eigenvalue weighted by Crippen LogP contribution is -2.27. The van der Waals surface area contributed by atoms with E-state index in [1.54, 1.807) is 33.2 Å². The van der Waals surface area contributed by atoms with E-state index < -0.39 is 4.92 Å². The van der Waals surface area contributed by atoms with Crippen LogP contribution in [0.5, 0.6) is 5.75 Å². The zero-order valence-electron chi connectivity index (χ0n) is 15.4. The van der Waals surface area contributed by atoms with Gasteiger partial charge in [0.15, 0.2) is 0 Å². The number of amides is 1. The molecule has 3 rings (SSSR count). The van der Waals surface area contributed by atoms with Crippen molar-refractivity contribution in [1.29, 1.82) is 0 Å². The van der Waals surface area contributed by atoms with E-state index in [0.717, 1.165) is 22.1 Å². The predicted octanol–water partition coefficient (Wildman–Crippen LogP) is 4.34. The van der Waals surface area contributed by atoms with Crippen LogP contribution in [0.2, 0.25) is 0 Å². The molecular weight excluding hydrogens is 344 g/mol. The van der Waals surface area contributed by atoms with Crippen molar-refractivity contribution in [1.82, 2.24) is 4.90 Å². The first-order chi connectivity index (χ1) is 12.9. The van der Waals surface area contributed by atoms with Crippen molar-refractivity contribution in [2.75, 3.05) is 14.2 Å². The van der Waals surface area contributed by atoms with Crippen molar-refractivity contribution < 1.29 is 14.5 Å². The van der Waals surface area contributed by atoms with Crippen LogP contribution in [0.1, 0.15) is 21.5 Å². The molecule has 0 radical (unpaired) electrons. The Labute approximate surface area is 157 Å². The first-order valence-corrected chi connectivity index (χ1v) is 8.47. The Kier molecular flexibility index (Phi) is 5.07. The Morgan fingerprint density at radius 2 is 1.81 bits per heavy atom. The topological polar surface area (TPSA) is 72.7 Å². The molecule has 6 heteroatoms. The first-order valence-electron chi connectivity index (χ1n) is 8.47. The fourth-order valence-corrected chi connectivity index (χ4v) is 3.12. The maximum Gasteiger partial charge on any atom is 0.285 e. The smallest absolute Gasteiger partial charge is 0.285 e. The molecule has 0 spiro atoms. The molecule has 0 saturated carbocycles. The van der Waals surface area contributed by atoms with Crippen LogP contribution in [0.3, 0.4) is 0 Å². The molecule has 0 fully saturated rings. The minimum absolute atomic E-state index is 0.105. The van der Waals surface area contributed by atoms with Crippen LogP contribution < -0.4 is 4.74 Å². The number of rotatable bonds is 5. The van der Waals surface area contributed by atoms with Gasteiger partial charge in [0.2, 0.25) is 0 Å². The number of ether oxygens (including phenoxy) is 1. The van der Waals surface area contributed by atoms with Crippen molar-refractivity contribution in [2.24, 2.45) is 0 Å². The maximum absolute atomic E-state index is 12.8.